The average Bonchev–Trinajstić information content (AvgIpc) is 2.28. The summed E-state index contributed by atoms with van der Waals surface area (Å²) in [5.74, 6) is 2.17. The van der Waals surface area contributed by atoms with E-state index in [-0.39, 0.29) is 0 Å². The van der Waals surface area contributed by atoms with Crippen LogP contribution in [0, 0.1) is 0 Å². The monoisotopic (exact) mass is 263 g/mol. The molecule has 0 aromatic heterocycles. The third-order valence-electron chi connectivity index (χ3n) is 2.21. The van der Waals surface area contributed by atoms with Crippen LogP contribution in [0.2, 0.25) is 0 Å². The molecule has 1 nitrogen and oxygen atoms in total. The fourth-order valence-electron chi connectivity index (χ4n) is 1.33. The van der Waals surface area contributed by atoms with Gasteiger partial charge in [0.15, 0.2) is 0 Å². The van der Waals surface area contributed by atoms with Crippen molar-refractivity contribution in [1.82, 2.24) is 0 Å². The second-order valence-corrected chi connectivity index (χ2v) is 4.95. The minimum atomic E-state index is -4.25. The van der Waals surface area contributed by atoms with Gasteiger partial charge in [0.25, 0.3) is 0 Å². The van der Waals surface area contributed by atoms with Crippen molar-refractivity contribution in [3.05, 3.63) is 29.8 Å². The standard InChI is InChI=1S/C12H16F3NS/c1-2-17-9-3-8-16-11-6-4-10(5-7-11)12(13,14)15/h4-7,16H,2-3,8-9H2,1H3. The van der Waals surface area contributed by atoms with Crippen LogP contribution in [0.15, 0.2) is 24.3 Å². The highest BCUT2D eigenvalue weighted by atomic mass is 32.2. The number of nitrogens with one attached hydrogen (secondary N) is 1. The lowest BCUT2D eigenvalue weighted by atomic mass is 10.2. The number of hydrogen-bond donors (Lipinski definition) is 1. The summed E-state index contributed by atoms with van der Waals surface area (Å²) in [6.07, 6.45) is -3.24. The van der Waals surface area contributed by atoms with Crippen molar-refractivity contribution < 1.29 is 13.2 Å². The van der Waals surface area contributed by atoms with Crippen LogP contribution in [0.3, 0.4) is 0 Å². The van der Waals surface area contributed by atoms with Gasteiger partial charge in [-0.1, -0.05) is 6.92 Å². The molecule has 0 saturated carbocycles. The maximum atomic E-state index is 12.3. The molecule has 1 rings (SSSR count). The summed E-state index contributed by atoms with van der Waals surface area (Å²) >= 11 is 1.86. The van der Waals surface area contributed by atoms with Crippen molar-refractivity contribution in [2.45, 2.75) is 19.5 Å². The average molecular weight is 263 g/mol. The molecule has 0 spiro atoms. The lowest BCUT2D eigenvalue weighted by Gasteiger charge is -2.09. The van der Waals surface area contributed by atoms with Crippen LogP contribution in [-0.4, -0.2) is 18.1 Å². The van der Waals surface area contributed by atoms with Crippen LogP contribution in [-0.2, 0) is 6.18 Å². The predicted octanol–water partition coefficient (Wildman–Crippen LogP) is 4.26. The Kier molecular flexibility index (Phi) is 5.68. The quantitative estimate of drug-likeness (QED) is 0.770. The Hall–Kier alpha value is -0.840. The van der Waals surface area contributed by atoms with Crippen LogP contribution in [0.4, 0.5) is 18.9 Å². The molecule has 1 aromatic rings. The van der Waals surface area contributed by atoms with Crippen LogP contribution in [0.5, 0.6) is 0 Å². The van der Waals surface area contributed by atoms with E-state index >= 15 is 0 Å². The van der Waals surface area contributed by atoms with E-state index in [2.05, 4.69) is 12.2 Å². The molecule has 0 amide bonds. The van der Waals surface area contributed by atoms with Gasteiger partial charge in [0.05, 0.1) is 5.56 Å². The molecule has 1 aromatic carbocycles. The SMILES string of the molecule is CCSCCCNc1ccc(C(F)(F)F)cc1. The minimum absolute atomic E-state index is 0.607. The molecule has 0 heterocycles. The summed E-state index contributed by atoms with van der Waals surface area (Å²) in [5.41, 5.74) is 0.129. The molecule has 0 bridgehead atoms. The van der Waals surface area contributed by atoms with E-state index in [1.807, 2.05) is 11.8 Å². The predicted molar refractivity (Wildman–Crippen MR) is 67.5 cm³/mol. The fraction of sp³-hybridized carbons (Fsp3) is 0.500. The maximum absolute atomic E-state index is 12.3. The molecule has 17 heavy (non-hydrogen) atoms. The number of rotatable bonds is 6. The summed E-state index contributed by atoms with van der Waals surface area (Å²) in [6.45, 7) is 2.90. The Morgan fingerprint density at radius 2 is 1.82 bits per heavy atom. The Bertz CT molecular complexity index is 322. The number of anilines is 1. The molecule has 5 heteroatoms. The molecular weight excluding hydrogens is 247 g/mol. The first-order valence-electron chi connectivity index (χ1n) is 5.53. The van der Waals surface area contributed by atoms with E-state index in [1.54, 1.807) is 0 Å². The van der Waals surface area contributed by atoms with Gasteiger partial charge in [-0.2, -0.15) is 24.9 Å². The highest BCUT2D eigenvalue weighted by molar-refractivity contribution is 7.99. The van der Waals surface area contributed by atoms with Crippen LogP contribution in [0.25, 0.3) is 0 Å². The molecule has 0 aliphatic heterocycles. The first kappa shape index (κ1) is 14.2. The molecule has 0 unspecified atom stereocenters. The number of alkyl halides is 3. The summed E-state index contributed by atoms with van der Waals surface area (Å²) in [6, 6.07) is 5.14. The zero-order valence-corrected chi connectivity index (χ0v) is 10.5. The zero-order chi connectivity index (χ0) is 12.7. The second kappa shape index (κ2) is 6.79. The largest absolute Gasteiger partial charge is 0.416 e. The molecule has 0 saturated heterocycles. The Morgan fingerprint density at radius 3 is 2.35 bits per heavy atom. The highest BCUT2D eigenvalue weighted by Gasteiger charge is 2.29. The van der Waals surface area contributed by atoms with Crippen molar-refractivity contribution in [2.24, 2.45) is 0 Å². The van der Waals surface area contributed by atoms with E-state index in [9.17, 15) is 13.2 Å². The molecule has 0 atom stereocenters. The lowest BCUT2D eigenvalue weighted by molar-refractivity contribution is -0.137. The van der Waals surface area contributed by atoms with Gasteiger partial charge in [-0.15, -0.1) is 0 Å². The van der Waals surface area contributed by atoms with E-state index in [0.29, 0.717) is 0 Å². The van der Waals surface area contributed by atoms with Gasteiger partial charge in [-0.05, 0) is 42.2 Å². The van der Waals surface area contributed by atoms with Gasteiger partial charge < -0.3 is 5.32 Å². The van der Waals surface area contributed by atoms with Gasteiger partial charge in [-0.3, -0.25) is 0 Å². The van der Waals surface area contributed by atoms with Gasteiger partial charge in [0.2, 0.25) is 0 Å². The van der Waals surface area contributed by atoms with Crippen molar-refractivity contribution in [3.63, 3.8) is 0 Å². The normalized spacial score (nSPS) is 11.5. The number of hydrogen-bond acceptors (Lipinski definition) is 2. The van der Waals surface area contributed by atoms with Crippen molar-refractivity contribution in [2.75, 3.05) is 23.4 Å². The van der Waals surface area contributed by atoms with E-state index in [1.165, 1.54) is 12.1 Å². The smallest absolute Gasteiger partial charge is 0.385 e. The van der Waals surface area contributed by atoms with E-state index in [0.717, 1.165) is 42.3 Å². The van der Waals surface area contributed by atoms with Crippen molar-refractivity contribution >= 4 is 17.4 Å². The number of thioether (sulfide) groups is 1. The Morgan fingerprint density at radius 1 is 1.18 bits per heavy atom. The van der Waals surface area contributed by atoms with Crippen LogP contribution < -0.4 is 5.32 Å². The summed E-state index contributed by atoms with van der Waals surface area (Å²) in [5, 5.41) is 3.10. The van der Waals surface area contributed by atoms with Gasteiger partial charge in [-0.25, -0.2) is 0 Å². The fourth-order valence-corrected chi connectivity index (χ4v) is 1.97. The highest BCUT2D eigenvalue weighted by Crippen LogP contribution is 2.29. The summed E-state index contributed by atoms with van der Waals surface area (Å²) in [7, 11) is 0. The first-order valence-corrected chi connectivity index (χ1v) is 6.68. The van der Waals surface area contributed by atoms with Crippen LogP contribution >= 0.6 is 11.8 Å². The summed E-state index contributed by atoms with van der Waals surface area (Å²) < 4.78 is 36.9. The maximum Gasteiger partial charge on any atom is 0.416 e. The van der Waals surface area contributed by atoms with Gasteiger partial charge >= 0.3 is 6.18 Å². The third-order valence-corrected chi connectivity index (χ3v) is 3.20. The number of benzene rings is 1. The molecule has 0 aliphatic carbocycles. The lowest BCUT2D eigenvalue weighted by Crippen LogP contribution is -2.06. The topological polar surface area (TPSA) is 12.0 Å². The Balaban J connectivity index is 2.36. The van der Waals surface area contributed by atoms with Crippen LogP contribution in [0.1, 0.15) is 18.9 Å². The van der Waals surface area contributed by atoms with Crippen molar-refractivity contribution in [1.29, 1.82) is 0 Å². The Labute approximate surface area is 104 Å². The molecule has 96 valence electrons. The molecule has 0 fully saturated rings. The molecular formula is C12H16F3NS. The van der Waals surface area contributed by atoms with Crippen molar-refractivity contribution in [3.8, 4) is 0 Å². The number of halogens is 3. The summed E-state index contributed by atoms with van der Waals surface area (Å²) in [4.78, 5) is 0. The zero-order valence-electron chi connectivity index (χ0n) is 9.68. The molecule has 0 radical (unpaired) electrons. The van der Waals surface area contributed by atoms with Gasteiger partial charge in [0.1, 0.15) is 0 Å². The van der Waals surface area contributed by atoms with Gasteiger partial charge in [0, 0.05) is 12.2 Å². The second-order valence-electron chi connectivity index (χ2n) is 3.55. The van der Waals surface area contributed by atoms with E-state index in [4.69, 9.17) is 0 Å². The third kappa shape index (κ3) is 5.35. The minimum Gasteiger partial charge on any atom is -0.385 e. The van der Waals surface area contributed by atoms with E-state index < -0.39 is 11.7 Å². The first-order chi connectivity index (χ1) is 8.04. The molecule has 1 N–H and O–H groups in total. The molecule has 0 aliphatic rings.